The van der Waals surface area contributed by atoms with Crippen molar-refractivity contribution in [2.45, 2.75) is 25.9 Å². The SMILES string of the molecule is CN=CCC(C)OCCCN. The highest BCUT2D eigenvalue weighted by Gasteiger charge is 1.97. The largest absolute Gasteiger partial charge is 0.378 e. The van der Waals surface area contributed by atoms with Crippen LogP contribution in [0.3, 0.4) is 0 Å². The van der Waals surface area contributed by atoms with Gasteiger partial charge in [-0.2, -0.15) is 0 Å². The molecule has 0 aliphatic rings. The summed E-state index contributed by atoms with van der Waals surface area (Å²) < 4.78 is 5.41. The Morgan fingerprint density at radius 3 is 2.91 bits per heavy atom. The van der Waals surface area contributed by atoms with Gasteiger partial charge in [-0.1, -0.05) is 0 Å². The van der Waals surface area contributed by atoms with Crippen molar-refractivity contribution in [3.63, 3.8) is 0 Å². The highest BCUT2D eigenvalue weighted by molar-refractivity contribution is 5.57. The summed E-state index contributed by atoms with van der Waals surface area (Å²) in [5.41, 5.74) is 5.31. The molecule has 0 saturated carbocycles. The van der Waals surface area contributed by atoms with E-state index in [1.165, 1.54) is 0 Å². The first-order valence-electron chi connectivity index (χ1n) is 4.03. The minimum atomic E-state index is 0.269. The predicted molar refractivity (Wildman–Crippen MR) is 48.1 cm³/mol. The van der Waals surface area contributed by atoms with E-state index < -0.39 is 0 Å². The van der Waals surface area contributed by atoms with E-state index in [0.717, 1.165) is 19.4 Å². The number of nitrogens with two attached hydrogens (primary N) is 1. The Labute approximate surface area is 68.6 Å². The molecular weight excluding hydrogens is 140 g/mol. The molecule has 66 valence electrons. The minimum Gasteiger partial charge on any atom is -0.378 e. The molecule has 2 N–H and O–H groups in total. The van der Waals surface area contributed by atoms with Crippen LogP contribution >= 0.6 is 0 Å². The highest BCUT2D eigenvalue weighted by Crippen LogP contribution is 1.95. The van der Waals surface area contributed by atoms with Crippen LogP contribution in [0.15, 0.2) is 4.99 Å². The third-order valence-electron chi connectivity index (χ3n) is 1.37. The molecule has 0 aromatic carbocycles. The standard InChI is InChI=1S/C8H18N2O/c1-8(4-6-10-2)11-7-3-5-9/h6,8H,3-5,7,9H2,1-2H3. The van der Waals surface area contributed by atoms with Gasteiger partial charge in [-0.05, 0) is 19.9 Å². The monoisotopic (exact) mass is 158 g/mol. The van der Waals surface area contributed by atoms with Crippen molar-refractivity contribution in [2.75, 3.05) is 20.2 Å². The van der Waals surface area contributed by atoms with Crippen molar-refractivity contribution >= 4 is 6.21 Å². The molecule has 0 heterocycles. The topological polar surface area (TPSA) is 47.6 Å². The van der Waals surface area contributed by atoms with Gasteiger partial charge in [0, 0.05) is 26.3 Å². The van der Waals surface area contributed by atoms with Gasteiger partial charge < -0.3 is 15.5 Å². The van der Waals surface area contributed by atoms with Crippen LogP contribution in [0, 0.1) is 0 Å². The smallest absolute Gasteiger partial charge is 0.0596 e. The van der Waals surface area contributed by atoms with Crippen molar-refractivity contribution < 1.29 is 4.74 Å². The van der Waals surface area contributed by atoms with Gasteiger partial charge in [-0.3, -0.25) is 0 Å². The molecule has 0 spiro atoms. The number of aliphatic imine (C=N–C) groups is 1. The summed E-state index contributed by atoms with van der Waals surface area (Å²) in [6.45, 7) is 3.50. The Hall–Kier alpha value is -0.410. The summed E-state index contributed by atoms with van der Waals surface area (Å²) in [5.74, 6) is 0. The second kappa shape index (κ2) is 7.69. The molecule has 11 heavy (non-hydrogen) atoms. The molecule has 1 unspecified atom stereocenters. The van der Waals surface area contributed by atoms with Crippen LogP contribution in [0.5, 0.6) is 0 Å². The van der Waals surface area contributed by atoms with Crippen molar-refractivity contribution in [1.82, 2.24) is 0 Å². The normalized spacial score (nSPS) is 14.1. The molecule has 0 saturated heterocycles. The van der Waals surface area contributed by atoms with E-state index in [1.807, 2.05) is 13.1 Å². The molecule has 0 aromatic heterocycles. The van der Waals surface area contributed by atoms with Crippen LogP contribution in [0.25, 0.3) is 0 Å². The van der Waals surface area contributed by atoms with Gasteiger partial charge in [0.25, 0.3) is 0 Å². The van der Waals surface area contributed by atoms with Gasteiger partial charge >= 0.3 is 0 Å². The third-order valence-corrected chi connectivity index (χ3v) is 1.37. The average molecular weight is 158 g/mol. The van der Waals surface area contributed by atoms with Crippen LogP contribution in [0.4, 0.5) is 0 Å². The quantitative estimate of drug-likeness (QED) is 0.460. The molecule has 0 aromatic rings. The molecule has 3 nitrogen and oxygen atoms in total. The Morgan fingerprint density at radius 2 is 2.36 bits per heavy atom. The first kappa shape index (κ1) is 10.6. The first-order chi connectivity index (χ1) is 5.31. The lowest BCUT2D eigenvalue weighted by molar-refractivity contribution is 0.0711. The Kier molecular flexibility index (Phi) is 7.41. The minimum absolute atomic E-state index is 0.269. The lowest BCUT2D eigenvalue weighted by Gasteiger charge is -2.09. The van der Waals surface area contributed by atoms with Crippen molar-refractivity contribution in [3.05, 3.63) is 0 Å². The third kappa shape index (κ3) is 7.49. The van der Waals surface area contributed by atoms with Crippen LogP contribution in [0.2, 0.25) is 0 Å². The zero-order chi connectivity index (χ0) is 8.53. The van der Waals surface area contributed by atoms with Gasteiger partial charge in [0.05, 0.1) is 6.10 Å². The van der Waals surface area contributed by atoms with E-state index in [4.69, 9.17) is 10.5 Å². The van der Waals surface area contributed by atoms with Gasteiger partial charge in [0.2, 0.25) is 0 Å². The maximum Gasteiger partial charge on any atom is 0.0596 e. The van der Waals surface area contributed by atoms with Gasteiger partial charge in [-0.15, -0.1) is 0 Å². The van der Waals surface area contributed by atoms with Crippen LogP contribution in [-0.4, -0.2) is 32.5 Å². The summed E-state index contributed by atoms with van der Waals surface area (Å²) >= 11 is 0. The molecule has 0 rings (SSSR count). The molecule has 0 fully saturated rings. The second-order valence-electron chi connectivity index (χ2n) is 2.50. The Balaban J connectivity index is 3.15. The zero-order valence-electron chi connectivity index (χ0n) is 7.42. The summed E-state index contributed by atoms with van der Waals surface area (Å²) in [7, 11) is 1.77. The molecule has 0 aliphatic carbocycles. The van der Waals surface area contributed by atoms with E-state index in [1.54, 1.807) is 7.05 Å². The van der Waals surface area contributed by atoms with E-state index in [9.17, 15) is 0 Å². The second-order valence-corrected chi connectivity index (χ2v) is 2.50. The molecule has 0 radical (unpaired) electrons. The summed E-state index contributed by atoms with van der Waals surface area (Å²) in [6.07, 6.45) is 3.96. The zero-order valence-corrected chi connectivity index (χ0v) is 7.42. The van der Waals surface area contributed by atoms with E-state index >= 15 is 0 Å². The van der Waals surface area contributed by atoms with Gasteiger partial charge in [-0.25, -0.2) is 0 Å². The number of hydrogen-bond acceptors (Lipinski definition) is 3. The molecule has 3 heteroatoms. The van der Waals surface area contributed by atoms with E-state index in [2.05, 4.69) is 4.99 Å². The van der Waals surface area contributed by atoms with Crippen LogP contribution in [-0.2, 0) is 4.74 Å². The number of ether oxygens (including phenoxy) is 1. The molecule has 0 bridgehead atoms. The van der Waals surface area contributed by atoms with Gasteiger partial charge in [0.15, 0.2) is 0 Å². The lowest BCUT2D eigenvalue weighted by atomic mass is 10.3. The summed E-state index contributed by atoms with van der Waals surface area (Å²) in [4.78, 5) is 3.87. The maximum absolute atomic E-state index is 5.41. The fraction of sp³-hybridized carbons (Fsp3) is 0.875. The fourth-order valence-corrected chi connectivity index (χ4v) is 0.690. The van der Waals surface area contributed by atoms with Crippen LogP contribution in [0.1, 0.15) is 19.8 Å². The first-order valence-corrected chi connectivity index (χ1v) is 4.03. The molecule has 0 aliphatic heterocycles. The fourth-order valence-electron chi connectivity index (χ4n) is 0.690. The highest BCUT2D eigenvalue weighted by atomic mass is 16.5. The molecule has 0 amide bonds. The van der Waals surface area contributed by atoms with E-state index in [0.29, 0.717) is 6.54 Å². The molecule has 1 atom stereocenters. The number of hydrogen-bond donors (Lipinski definition) is 1. The Bertz CT molecular complexity index is 104. The van der Waals surface area contributed by atoms with Gasteiger partial charge in [0.1, 0.15) is 0 Å². The van der Waals surface area contributed by atoms with Crippen molar-refractivity contribution in [1.29, 1.82) is 0 Å². The maximum atomic E-state index is 5.41. The number of nitrogens with zero attached hydrogens (tertiary/aromatic N) is 1. The lowest BCUT2D eigenvalue weighted by Crippen LogP contribution is -2.12. The predicted octanol–water partition coefficient (Wildman–Crippen LogP) is 0.831. The summed E-state index contributed by atoms with van der Waals surface area (Å²) in [5, 5.41) is 0. The van der Waals surface area contributed by atoms with Crippen molar-refractivity contribution in [2.24, 2.45) is 10.7 Å². The molecular formula is C8H18N2O. The van der Waals surface area contributed by atoms with Crippen LogP contribution < -0.4 is 5.73 Å². The Morgan fingerprint density at radius 1 is 1.64 bits per heavy atom. The summed E-state index contributed by atoms with van der Waals surface area (Å²) in [6, 6.07) is 0. The average Bonchev–Trinajstić information content (AvgIpc) is 2.01. The van der Waals surface area contributed by atoms with E-state index in [-0.39, 0.29) is 6.10 Å². The number of rotatable bonds is 6. The van der Waals surface area contributed by atoms with Crippen molar-refractivity contribution in [3.8, 4) is 0 Å².